The quantitative estimate of drug-likeness (QED) is 0.454. The average molecular weight is 468 g/mol. The number of ether oxygens (including phenoxy) is 1. The Kier molecular flexibility index (Phi) is 7.25. The van der Waals surface area contributed by atoms with Crippen LogP contribution in [0.1, 0.15) is 39.5 Å². The first-order valence-corrected chi connectivity index (χ1v) is 12.1. The number of para-hydroxylation sites is 1. The molecule has 0 amide bonds. The van der Waals surface area contributed by atoms with Crippen molar-refractivity contribution >= 4 is 34.3 Å². The van der Waals surface area contributed by atoms with Gasteiger partial charge in [0.05, 0.1) is 5.52 Å². The summed E-state index contributed by atoms with van der Waals surface area (Å²) in [4.78, 5) is 11.6. The molecule has 0 bridgehead atoms. The normalized spacial score (nSPS) is 18.8. The molecule has 1 aromatic heterocycles. The Hall–Kier alpha value is -2.57. The molecule has 6 nitrogen and oxygen atoms in total. The van der Waals surface area contributed by atoms with E-state index < -0.39 is 0 Å². The van der Waals surface area contributed by atoms with Crippen LogP contribution in [0.4, 0.5) is 11.8 Å². The zero-order valence-corrected chi connectivity index (χ0v) is 20.7. The predicted molar refractivity (Wildman–Crippen MR) is 138 cm³/mol. The summed E-state index contributed by atoms with van der Waals surface area (Å²) in [6.07, 6.45) is 4.40. The Balaban J connectivity index is 1.29. The van der Waals surface area contributed by atoms with Gasteiger partial charge in [-0.3, -0.25) is 0 Å². The van der Waals surface area contributed by atoms with Crippen LogP contribution in [0.3, 0.4) is 0 Å². The van der Waals surface area contributed by atoms with Crippen LogP contribution in [0.2, 0.25) is 5.02 Å². The Morgan fingerprint density at radius 2 is 1.64 bits per heavy atom. The van der Waals surface area contributed by atoms with Crippen molar-refractivity contribution in [3.8, 4) is 5.75 Å². The van der Waals surface area contributed by atoms with Gasteiger partial charge in [-0.05, 0) is 75.9 Å². The van der Waals surface area contributed by atoms with Gasteiger partial charge in [-0.25, -0.2) is 4.98 Å². The molecule has 3 aromatic rings. The van der Waals surface area contributed by atoms with E-state index in [-0.39, 0.29) is 5.60 Å². The number of nitrogens with zero attached hydrogens (tertiary/aromatic N) is 3. The summed E-state index contributed by atoms with van der Waals surface area (Å²) in [7, 11) is 4.04. The SMILES string of the molecule is CN(C)c1nc(N[C@H]2CC[C@@H](NCC(C)(C)Oc3ccc(Cl)cc3)CC2)nc2ccccc12. The van der Waals surface area contributed by atoms with E-state index in [9.17, 15) is 0 Å². The zero-order valence-electron chi connectivity index (χ0n) is 19.9. The van der Waals surface area contributed by atoms with E-state index in [2.05, 4.69) is 30.5 Å². The molecule has 4 rings (SSSR count). The molecular weight excluding hydrogens is 434 g/mol. The zero-order chi connectivity index (χ0) is 23.4. The van der Waals surface area contributed by atoms with Gasteiger partial charge in [0.2, 0.25) is 5.95 Å². The third-order valence-electron chi connectivity index (χ3n) is 6.09. The molecule has 1 aliphatic carbocycles. The van der Waals surface area contributed by atoms with Crippen molar-refractivity contribution in [3.63, 3.8) is 0 Å². The maximum atomic E-state index is 6.16. The number of aromatic nitrogens is 2. The number of fused-ring (bicyclic) bond motifs is 1. The summed E-state index contributed by atoms with van der Waals surface area (Å²) < 4.78 is 6.16. The first-order valence-electron chi connectivity index (χ1n) is 11.7. The van der Waals surface area contributed by atoms with Crippen molar-refractivity contribution in [2.45, 2.75) is 57.2 Å². The molecule has 1 fully saturated rings. The van der Waals surface area contributed by atoms with Crippen LogP contribution in [0.25, 0.3) is 10.9 Å². The third kappa shape index (κ3) is 6.27. The highest BCUT2D eigenvalue weighted by molar-refractivity contribution is 6.30. The molecule has 1 saturated carbocycles. The van der Waals surface area contributed by atoms with Crippen molar-refractivity contribution in [1.82, 2.24) is 15.3 Å². The Labute approximate surface area is 201 Å². The fourth-order valence-electron chi connectivity index (χ4n) is 4.34. The van der Waals surface area contributed by atoms with Crippen LogP contribution < -0.4 is 20.3 Å². The van der Waals surface area contributed by atoms with Gasteiger partial charge in [0.15, 0.2) is 0 Å². The van der Waals surface area contributed by atoms with Crippen molar-refractivity contribution in [1.29, 1.82) is 0 Å². The number of benzene rings is 2. The van der Waals surface area contributed by atoms with Gasteiger partial charge in [0.1, 0.15) is 17.2 Å². The van der Waals surface area contributed by atoms with Crippen LogP contribution in [0, 0.1) is 0 Å². The lowest BCUT2D eigenvalue weighted by Gasteiger charge is -2.33. The lowest BCUT2D eigenvalue weighted by atomic mass is 9.91. The van der Waals surface area contributed by atoms with Crippen molar-refractivity contribution in [3.05, 3.63) is 53.6 Å². The smallest absolute Gasteiger partial charge is 0.225 e. The van der Waals surface area contributed by atoms with E-state index >= 15 is 0 Å². The minimum Gasteiger partial charge on any atom is -0.487 e. The fraction of sp³-hybridized carbons (Fsp3) is 0.462. The maximum Gasteiger partial charge on any atom is 0.225 e. The minimum absolute atomic E-state index is 0.301. The molecule has 2 aromatic carbocycles. The van der Waals surface area contributed by atoms with Gasteiger partial charge in [0, 0.05) is 43.1 Å². The van der Waals surface area contributed by atoms with Gasteiger partial charge >= 0.3 is 0 Å². The molecule has 0 saturated heterocycles. The molecule has 0 aliphatic heterocycles. The summed E-state index contributed by atoms with van der Waals surface area (Å²) in [6.45, 7) is 5.01. The molecule has 7 heteroatoms. The van der Waals surface area contributed by atoms with E-state index in [0.717, 1.165) is 59.7 Å². The van der Waals surface area contributed by atoms with E-state index in [1.165, 1.54) is 0 Å². The second-order valence-electron chi connectivity index (χ2n) is 9.67. The summed E-state index contributed by atoms with van der Waals surface area (Å²) in [5.41, 5.74) is 0.668. The van der Waals surface area contributed by atoms with Crippen molar-refractivity contribution in [2.75, 3.05) is 30.9 Å². The largest absolute Gasteiger partial charge is 0.487 e. The Morgan fingerprint density at radius 1 is 0.970 bits per heavy atom. The molecule has 0 spiro atoms. The van der Waals surface area contributed by atoms with E-state index in [0.29, 0.717) is 18.0 Å². The second kappa shape index (κ2) is 10.1. The van der Waals surface area contributed by atoms with Crippen molar-refractivity contribution < 1.29 is 4.74 Å². The number of hydrogen-bond acceptors (Lipinski definition) is 6. The lowest BCUT2D eigenvalue weighted by Crippen LogP contribution is -2.46. The summed E-state index contributed by atoms with van der Waals surface area (Å²) in [5, 5.41) is 9.09. The van der Waals surface area contributed by atoms with Gasteiger partial charge in [-0.1, -0.05) is 23.7 Å². The van der Waals surface area contributed by atoms with Gasteiger partial charge in [-0.15, -0.1) is 0 Å². The topological polar surface area (TPSA) is 62.3 Å². The van der Waals surface area contributed by atoms with Gasteiger partial charge < -0.3 is 20.3 Å². The number of anilines is 2. The van der Waals surface area contributed by atoms with Gasteiger partial charge in [0.25, 0.3) is 0 Å². The molecule has 1 aliphatic rings. The highest BCUT2D eigenvalue weighted by Crippen LogP contribution is 2.27. The van der Waals surface area contributed by atoms with Crippen LogP contribution in [-0.4, -0.2) is 48.3 Å². The van der Waals surface area contributed by atoms with E-state index in [4.69, 9.17) is 26.3 Å². The Morgan fingerprint density at radius 3 is 2.33 bits per heavy atom. The van der Waals surface area contributed by atoms with Crippen molar-refractivity contribution in [2.24, 2.45) is 0 Å². The van der Waals surface area contributed by atoms with Crippen LogP contribution in [0.15, 0.2) is 48.5 Å². The highest BCUT2D eigenvalue weighted by Gasteiger charge is 2.26. The summed E-state index contributed by atoms with van der Waals surface area (Å²) in [6, 6.07) is 16.6. The molecule has 0 atom stereocenters. The van der Waals surface area contributed by atoms with Crippen LogP contribution in [-0.2, 0) is 0 Å². The molecule has 33 heavy (non-hydrogen) atoms. The lowest BCUT2D eigenvalue weighted by molar-refractivity contribution is 0.101. The average Bonchev–Trinajstić information content (AvgIpc) is 2.79. The third-order valence-corrected chi connectivity index (χ3v) is 6.34. The summed E-state index contributed by atoms with van der Waals surface area (Å²) in [5.74, 6) is 2.50. The molecule has 2 N–H and O–H groups in total. The maximum absolute atomic E-state index is 6.16. The number of halogens is 1. The number of hydrogen-bond donors (Lipinski definition) is 2. The highest BCUT2D eigenvalue weighted by atomic mass is 35.5. The van der Waals surface area contributed by atoms with Gasteiger partial charge in [-0.2, -0.15) is 4.98 Å². The van der Waals surface area contributed by atoms with Crippen LogP contribution >= 0.6 is 11.6 Å². The number of nitrogens with one attached hydrogen (secondary N) is 2. The molecule has 0 radical (unpaired) electrons. The monoisotopic (exact) mass is 467 g/mol. The summed E-state index contributed by atoms with van der Waals surface area (Å²) >= 11 is 5.97. The molecule has 176 valence electrons. The number of rotatable bonds is 8. The fourth-order valence-corrected chi connectivity index (χ4v) is 4.46. The predicted octanol–water partition coefficient (Wildman–Crippen LogP) is 5.52. The Bertz CT molecular complexity index is 1060. The second-order valence-corrected chi connectivity index (χ2v) is 10.1. The first kappa shape index (κ1) is 23.6. The standard InChI is InChI=1S/C26H34ClN5O/c1-26(2,33-21-15-9-18(27)10-16-21)17-28-19-11-13-20(14-12-19)29-25-30-23-8-6-5-7-22(23)24(31-25)32(3)4/h5-10,15-16,19-20,28H,11-14,17H2,1-4H3,(H,29,30,31)/t19-,20+. The van der Waals surface area contributed by atoms with Crippen LogP contribution in [0.5, 0.6) is 5.75 Å². The molecular formula is C26H34ClN5O. The first-order chi connectivity index (χ1) is 15.8. The van der Waals surface area contributed by atoms with E-state index in [1.54, 1.807) is 0 Å². The minimum atomic E-state index is -0.301. The van der Waals surface area contributed by atoms with E-state index in [1.807, 2.05) is 61.5 Å². The molecule has 0 unspecified atom stereocenters. The molecule has 1 heterocycles.